The Morgan fingerprint density at radius 1 is 1.47 bits per heavy atom. The van der Waals surface area contributed by atoms with Gasteiger partial charge in [-0.25, -0.2) is 4.79 Å². The number of hydrogen-bond acceptors (Lipinski definition) is 2. The first-order valence-electron chi connectivity index (χ1n) is 4.52. The van der Waals surface area contributed by atoms with E-state index in [2.05, 4.69) is 0 Å². The van der Waals surface area contributed by atoms with E-state index in [1.165, 1.54) is 13.8 Å². The molecule has 0 spiro atoms. The standard InChI is InChI=1S/C11H13ClO3/c1-7-8(12)5-4-6-9(7)15-11(2,3)10(13)14/h4-6H,1-3H3,(H,13,14). The monoisotopic (exact) mass is 228 g/mol. The second kappa shape index (κ2) is 4.11. The number of rotatable bonds is 3. The number of halogens is 1. The van der Waals surface area contributed by atoms with Crippen molar-refractivity contribution in [3.63, 3.8) is 0 Å². The van der Waals surface area contributed by atoms with Crippen LogP contribution in [-0.2, 0) is 4.79 Å². The Morgan fingerprint density at radius 3 is 2.60 bits per heavy atom. The molecule has 1 N–H and O–H groups in total. The van der Waals surface area contributed by atoms with E-state index >= 15 is 0 Å². The highest BCUT2D eigenvalue weighted by molar-refractivity contribution is 6.31. The molecule has 0 fully saturated rings. The summed E-state index contributed by atoms with van der Waals surface area (Å²) in [6, 6.07) is 5.16. The lowest BCUT2D eigenvalue weighted by Gasteiger charge is -2.22. The average molecular weight is 229 g/mol. The van der Waals surface area contributed by atoms with Crippen LogP contribution in [0.15, 0.2) is 18.2 Å². The van der Waals surface area contributed by atoms with E-state index in [4.69, 9.17) is 21.4 Å². The van der Waals surface area contributed by atoms with Crippen LogP contribution >= 0.6 is 11.6 Å². The van der Waals surface area contributed by atoms with Crippen LogP contribution in [0, 0.1) is 6.92 Å². The molecule has 82 valence electrons. The number of carboxylic acid groups (broad SMARTS) is 1. The van der Waals surface area contributed by atoms with E-state index in [0.717, 1.165) is 5.56 Å². The molecule has 0 saturated heterocycles. The Hall–Kier alpha value is -1.22. The second-order valence-electron chi connectivity index (χ2n) is 3.78. The summed E-state index contributed by atoms with van der Waals surface area (Å²) in [5, 5.41) is 9.47. The molecule has 0 unspecified atom stereocenters. The summed E-state index contributed by atoms with van der Waals surface area (Å²) in [6.45, 7) is 4.78. The van der Waals surface area contributed by atoms with Gasteiger partial charge in [0.1, 0.15) is 5.75 Å². The van der Waals surface area contributed by atoms with Gasteiger partial charge in [0, 0.05) is 10.6 Å². The first kappa shape index (κ1) is 11.9. The van der Waals surface area contributed by atoms with Crippen LogP contribution in [0.2, 0.25) is 5.02 Å². The van der Waals surface area contributed by atoms with Crippen molar-refractivity contribution in [3.05, 3.63) is 28.8 Å². The summed E-state index contributed by atoms with van der Waals surface area (Å²) in [7, 11) is 0. The minimum atomic E-state index is -1.25. The normalized spacial score (nSPS) is 11.2. The highest BCUT2D eigenvalue weighted by Gasteiger charge is 2.29. The lowest BCUT2D eigenvalue weighted by atomic mass is 10.1. The van der Waals surface area contributed by atoms with Crippen molar-refractivity contribution >= 4 is 17.6 Å². The van der Waals surface area contributed by atoms with E-state index in [-0.39, 0.29) is 0 Å². The van der Waals surface area contributed by atoms with Gasteiger partial charge in [0.15, 0.2) is 5.60 Å². The molecule has 0 aliphatic carbocycles. The largest absolute Gasteiger partial charge is 0.478 e. The summed E-state index contributed by atoms with van der Waals surface area (Å²) in [6.07, 6.45) is 0. The van der Waals surface area contributed by atoms with Crippen LogP contribution in [0.5, 0.6) is 5.75 Å². The molecule has 0 heterocycles. The molecule has 15 heavy (non-hydrogen) atoms. The number of ether oxygens (including phenoxy) is 1. The number of aliphatic carboxylic acids is 1. The smallest absolute Gasteiger partial charge is 0.347 e. The zero-order valence-corrected chi connectivity index (χ0v) is 9.63. The van der Waals surface area contributed by atoms with Crippen LogP contribution in [0.25, 0.3) is 0 Å². The fourth-order valence-electron chi connectivity index (χ4n) is 1.02. The van der Waals surface area contributed by atoms with Crippen molar-refractivity contribution < 1.29 is 14.6 Å². The first-order chi connectivity index (χ1) is 6.84. The molecular weight excluding hydrogens is 216 g/mol. The van der Waals surface area contributed by atoms with E-state index in [1.807, 2.05) is 0 Å². The maximum atomic E-state index is 10.9. The van der Waals surface area contributed by atoms with Crippen molar-refractivity contribution in [2.75, 3.05) is 0 Å². The van der Waals surface area contributed by atoms with Gasteiger partial charge < -0.3 is 9.84 Å². The molecule has 0 aliphatic heterocycles. The van der Waals surface area contributed by atoms with E-state index in [9.17, 15) is 4.79 Å². The maximum absolute atomic E-state index is 10.9. The van der Waals surface area contributed by atoms with Gasteiger partial charge in [-0.2, -0.15) is 0 Å². The van der Waals surface area contributed by atoms with Crippen molar-refractivity contribution in [2.45, 2.75) is 26.4 Å². The fourth-order valence-corrected chi connectivity index (χ4v) is 1.18. The van der Waals surface area contributed by atoms with Gasteiger partial charge in [0.05, 0.1) is 0 Å². The lowest BCUT2D eigenvalue weighted by Crippen LogP contribution is -2.38. The predicted octanol–water partition coefficient (Wildman–Crippen LogP) is 2.89. The third-order valence-corrected chi connectivity index (χ3v) is 2.51. The van der Waals surface area contributed by atoms with Crippen molar-refractivity contribution in [1.29, 1.82) is 0 Å². The second-order valence-corrected chi connectivity index (χ2v) is 4.19. The zero-order chi connectivity index (χ0) is 11.6. The van der Waals surface area contributed by atoms with Crippen LogP contribution in [0.1, 0.15) is 19.4 Å². The van der Waals surface area contributed by atoms with Gasteiger partial charge in [0.25, 0.3) is 0 Å². The quantitative estimate of drug-likeness (QED) is 0.865. The van der Waals surface area contributed by atoms with Crippen molar-refractivity contribution in [3.8, 4) is 5.75 Å². The van der Waals surface area contributed by atoms with Gasteiger partial charge in [-0.3, -0.25) is 0 Å². The van der Waals surface area contributed by atoms with Crippen LogP contribution in [0.3, 0.4) is 0 Å². The number of carboxylic acids is 1. The SMILES string of the molecule is Cc1c(Cl)cccc1OC(C)(C)C(=O)O. The minimum Gasteiger partial charge on any atom is -0.478 e. The highest BCUT2D eigenvalue weighted by Crippen LogP contribution is 2.28. The molecule has 3 nitrogen and oxygen atoms in total. The Labute approximate surface area is 93.6 Å². The Morgan fingerprint density at radius 2 is 2.07 bits per heavy atom. The summed E-state index contributed by atoms with van der Waals surface area (Å²) in [4.78, 5) is 10.9. The average Bonchev–Trinajstić information content (AvgIpc) is 2.12. The maximum Gasteiger partial charge on any atom is 0.347 e. The molecular formula is C11H13ClO3. The molecule has 1 rings (SSSR count). The van der Waals surface area contributed by atoms with Crippen LogP contribution < -0.4 is 4.74 Å². The van der Waals surface area contributed by atoms with E-state index < -0.39 is 11.6 Å². The summed E-state index contributed by atoms with van der Waals surface area (Å²) in [5.41, 5.74) is -0.511. The molecule has 0 saturated carbocycles. The molecule has 0 radical (unpaired) electrons. The molecule has 0 aliphatic rings. The zero-order valence-electron chi connectivity index (χ0n) is 8.87. The van der Waals surface area contributed by atoms with Gasteiger partial charge >= 0.3 is 5.97 Å². The fraction of sp³-hybridized carbons (Fsp3) is 0.364. The Bertz CT molecular complexity index is 385. The lowest BCUT2D eigenvalue weighted by molar-refractivity contribution is -0.152. The molecule has 1 aromatic carbocycles. The molecule has 0 bridgehead atoms. The van der Waals surface area contributed by atoms with Crippen LogP contribution in [0.4, 0.5) is 0 Å². The molecule has 1 aromatic rings. The topological polar surface area (TPSA) is 46.5 Å². The summed E-state index contributed by atoms with van der Waals surface area (Å²) >= 11 is 5.89. The minimum absolute atomic E-state index is 0.495. The third-order valence-electron chi connectivity index (χ3n) is 2.10. The van der Waals surface area contributed by atoms with Crippen molar-refractivity contribution in [1.82, 2.24) is 0 Å². The predicted molar refractivity (Wildman–Crippen MR) is 58.5 cm³/mol. The Kier molecular flexibility index (Phi) is 3.25. The number of benzene rings is 1. The number of carbonyl (C=O) groups is 1. The summed E-state index contributed by atoms with van der Waals surface area (Å²) < 4.78 is 5.39. The molecule has 0 amide bonds. The molecule has 0 aromatic heterocycles. The summed E-state index contributed by atoms with van der Waals surface area (Å²) in [5.74, 6) is -0.517. The van der Waals surface area contributed by atoms with Crippen molar-refractivity contribution in [2.24, 2.45) is 0 Å². The van der Waals surface area contributed by atoms with E-state index in [0.29, 0.717) is 10.8 Å². The Balaban J connectivity index is 3.00. The third kappa shape index (κ3) is 2.63. The molecule has 4 heteroatoms. The van der Waals surface area contributed by atoms with Gasteiger partial charge in [-0.15, -0.1) is 0 Å². The first-order valence-corrected chi connectivity index (χ1v) is 4.90. The van der Waals surface area contributed by atoms with Gasteiger partial charge in [-0.1, -0.05) is 17.7 Å². The van der Waals surface area contributed by atoms with Gasteiger partial charge in [-0.05, 0) is 32.9 Å². The van der Waals surface area contributed by atoms with E-state index in [1.54, 1.807) is 25.1 Å². The molecule has 0 atom stereocenters. The number of hydrogen-bond donors (Lipinski definition) is 1. The van der Waals surface area contributed by atoms with Crippen LogP contribution in [-0.4, -0.2) is 16.7 Å². The highest BCUT2D eigenvalue weighted by atomic mass is 35.5. The van der Waals surface area contributed by atoms with Gasteiger partial charge in [0.2, 0.25) is 0 Å².